The van der Waals surface area contributed by atoms with Crippen LogP contribution in [0, 0.1) is 0 Å². The average Bonchev–Trinajstić information content (AvgIpc) is 3.66. The lowest BCUT2D eigenvalue weighted by Crippen LogP contribution is -2.46. The fraction of sp³-hybridized carbons (Fsp3) is 0.559. The van der Waals surface area contributed by atoms with Crippen LogP contribution in [-0.4, -0.2) is 82.7 Å². The number of hydrogen-bond acceptors (Lipinski definition) is 9. The van der Waals surface area contributed by atoms with Crippen LogP contribution in [-0.2, 0) is 23.3 Å². The number of ether oxygens (including phenoxy) is 2. The smallest absolute Gasteiger partial charge is 0.407 e. The number of amides is 1. The Kier molecular flexibility index (Phi) is 9.01. The van der Waals surface area contributed by atoms with E-state index in [2.05, 4.69) is 34.8 Å². The van der Waals surface area contributed by atoms with Crippen LogP contribution in [0.25, 0.3) is 33.2 Å². The minimum absolute atomic E-state index is 0.00616. The standard InChI is InChI=1S/C34H47ClN8O4Si/c1-34(2,3)47-33(45)37-24-16-20-10-13-25(24)43(20)32-39-30-27(31(44)41(32)6)22(18-42(30)19-46-14-15-48(7,8)9)21-11-12-23-29(28(21)35)38-26(17-36-23)40(4)5/h11-12,17-18,20,24-25H,10,13-16,19H2,1-9H3,(H,37,45)/t20?,24-,25-/m1/s1. The molecular formula is C34H47ClN8O4Si. The first-order valence-corrected chi connectivity index (χ1v) is 20.7. The summed E-state index contributed by atoms with van der Waals surface area (Å²) in [6.07, 6.45) is 5.79. The summed E-state index contributed by atoms with van der Waals surface area (Å²) in [5, 5.41) is 3.96. The maximum Gasteiger partial charge on any atom is 0.407 e. The Morgan fingerprint density at radius 1 is 1.15 bits per heavy atom. The van der Waals surface area contributed by atoms with Gasteiger partial charge >= 0.3 is 6.09 Å². The second-order valence-electron chi connectivity index (χ2n) is 15.4. The summed E-state index contributed by atoms with van der Waals surface area (Å²) < 4.78 is 15.3. The molecule has 0 saturated carbocycles. The molecular weight excluding hydrogens is 648 g/mol. The van der Waals surface area contributed by atoms with Crippen LogP contribution < -0.4 is 20.7 Å². The molecule has 2 aliphatic rings. The Labute approximate surface area is 287 Å². The van der Waals surface area contributed by atoms with Crippen molar-refractivity contribution in [3.8, 4) is 11.1 Å². The van der Waals surface area contributed by atoms with Crippen LogP contribution in [0.15, 0.2) is 29.3 Å². The molecule has 0 radical (unpaired) electrons. The van der Waals surface area contributed by atoms with Gasteiger partial charge in [-0.2, -0.15) is 4.98 Å². The van der Waals surface area contributed by atoms with E-state index in [4.69, 9.17) is 31.0 Å². The normalized spacial score (nSPS) is 19.5. The monoisotopic (exact) mass is 694 g/mol. The highest BCUT2D eigenvalue weighted by molar-refractivity contribution is 6.76. The van der Waals surface area contributed by atoms with Gasteiger partial charge in [0.05, 0.1) is 34.2 Å². The predicted octanol–water partition coefficient (Wildman–Crippen LogP) is 6.01. The van der Waals surface area contributed by atoms with Crippen molar-refractivity contribution < 1.29 is 14.3 Å². The van der Waals surface area contributed by atoms with Gasteiger partial charge < -0.3 is 29.2 Å². The summed E-state index contributed by atoms with van der Waals surface area (Å²) in [5.41, 5.74) is 2.33. The third-order valence-corrected chi connectivity index (χ3v) is 11.2. The van der Waals surface area contributed by atoms with Crippen molar-refractivity contribution in [1.82, 2.24) is 29.4 Å². The van der Waals surface area contributed by atoms with E-state index < -0.39 is 19.8 Å². The molecule has 1 unspecified atom stereocenters. The fourth-order valence-corrected chi connectivity index (χ4v) is 7.81. The lowest BCUT2D eigenvalue weighted by molar-refractivity contribution is 0.0497. The van der Waals surface area contributed by atoms with Gasteiger partial charge in [-0.15, -0.1) is 0 Å². The Morgan fingerprint density at radius 3 is 2.58 bits per heavy atom. The molecule has 1 N–H and O–H groups in total. The molecule has 3 aromatic heterocycles. The molecule has 258 valence electrons. The summed E-state index contributed by atoms with van der Waals surface area (Å²) in [4.78, 5) is 45.7. The van der Waals surface area contributed by atoms with E-state index in [9.17, 15) is 9.59 Å². The molecule has 5 heterocycles. The summed E-state index contributed by atoms with van der Waals surface area (Å²) in [6.45, 7) is 13.4. The Bertz CT molecular complexity index is 1930. The van der Waals surface area contributed by atoms with E-state index in [1.165, 1.54) is 0 Å². The van der Waals surface area contributed by atoms with Crippen molar-refractivity contribution in [3.05, 3.63) is 39.9 Å². The highest BCUT2D eigenvalue weighted by Gasteiger charge is 2.49. The number of nitrogens with one attached hydrogen (secondary N) is 1. The van der Waals surface area contributed by atoms with E-state index in [0.717, 1.165) is 25.3 Å². The van der Waals surface area contributed by atoms with E-state index in [1.54, 1.807) is 17.8 Å². The van der Waals surface area contributed by atoms with Gasteiger partial charge in [-0.05, 0) is 52.1 Å². The van der Waals surface area contributed by atoms with Crippen LogP contribution in [0.5, 0.6) is 0 Å². The minimum Gasteiger partial charge on any atom is -0.444 e. The molecule has 1 amide bonds. The van der Waals surface area contributed by atoms with Crippen LogP contribution in [0.4, 0.5) is 16.6 Å². The number of alkyl carbamates (subject to hydrolysis) is 1. The van der Waals surface area contributed by atoms with E-state index in [-0.39, 0.29) is 30.4 Å². The summed E-state index contributed by atoms with van der Waals surface area (Å²) in [5.74, 6) is 1.26. The van der Waals surface area contributed by atoms with Gasteiger partial charge in [0, 0.05) is 59.2 Å². The molecule has 2 aliphatic heterocycles. The molecule has 0 spiro atoms. The number of carbonyl (C=O) groups excluding carboxylic acids is 1. The molecule has 14 heteroatoms. The molecule has 2 bridgehead atoms. The summed E-state index contributed by atoms with van der Waals surface area (Å²) in [7, 11) is 4.26. The predicted molar refractivity (Wildman–Crippen MR) is 194 cm³/mol. The molecule has 48 heavy (non-hydrogen) atoms. The van der Waals surface area contributed by atoms with Gasteiger partial charge in [0.1, 0.15) is 23.7 Å². The Hall–Kier alpha value is -3.68. The van der Waals surface area contributed by atoms with Crippen molar-refractivity contribution >= 4 is 59.6 Å². The zero-order valence-corrected chi connectivity index (χ0v) is 31.2. The maximum atomic E-state index is 14.4. The molecule has 2 saturated heterocycles. The van der Waals surface area contributed by atoms with E-state index >= 15 is 0 Å². The van der Waals surface area contributed by atoms with Crippen LogP contribution in [0.3, 0.4) is 0 Å². The maximum absolute atomic E-state index is 14.4. The minimum atomic E-state index is -1.31. The van der Waals surface area contributed by atoms with Gasteiger partial charge in [0.2, 0.25) is 5.95 Å². The number of carbonyl (C=O) groups is 1. The summed E-state index contributed by atoms with van der Waals surface area (Å²) >= 11 is 7.07. The highest BCUT2D eigenvalue weighted by atomic mass is 35.5. The molecule has 6 rings (SSSR count). The zero-order chi connectivity index (χ0) is 34.7. The molecule has 3 atom stereocenters. The van der Waals surface area contributed by atoms with Crippen molar-refractivity contribution in [2.45, 2.75) is 96.2 Å². The molecule has 1 aromatic carbocycles. The van der Waals surface area contributed by atoms with Crippen LogP contribution >= 0.6 is 11.6 Å². The van der Waals surface area contributed by atoms with Gasteiger partial charge in [-0.25, -0.2) is 9.78 Å². The third-order valence-electron chi connectivity index (χ3n) is 9.16. The number of halogens is 1. The van der Waals surface area contributed by atoms with E-state index in [1.807, 2.05) is 62.7 Å². The van der Waals surface area contributed by atoms with Crippen molar-refractivity contribution in [2.24, 2.45) is 7.05 Å². The van der Waals surface area contributed by atoms with Gasteiger partial charge in [-0.1, -0.05) is 37.3 Å². The molecule has 0 aliphatic carbocycles. The van der Waals surface area contributed by atoms with Crippen molar-refractivity contribution in [3.63, 3.8) is 0 Å². The van der Waals surface area contributed by atoms with Gasteiger partial charge in [0.15, 0.2) is 5.65 Å². The third kappa shape index (κ3) is 6.64. The zero-order valence-electron chi connectivity index (χ0n) is 29.4. The van der Waals surface area contributed by atoms with Gasteiger partial charge in [-0.3, -0.25) is 14.3 Å². The number of rotatable bonds is 9. The first-order valence-electron chi connectivity index (χ1n) is 16.6. The van der Waals surface area contributed by atoms with Crippen molar-refractivity contribution in [2.75, 3.05) is 30.5 Å². The van der Waals surface area contributed by atoms with Crippen LogP contribution in [0.2, 0.25) is 30.7 Å². The number of fused-ring (bicyclic) bond motifs is 4. The highest BCUT2D eigenvalue weighted by Crippen LogP contribution is 2.42. The number of hydrogen-bond donors (Lipinski definition) is 1. The Morgan fingerprint density at radius 2 is 1.90 bits per heavy atom. The van der Waals surface area contributed by atoms with Crippen molar-refractivity contribution in [1.29, 1.82) is 0 Å². The second kappa shape index (κ2) is 12.6. The molecule has 12 nitrogen and oxygen atoms in total. The molecule has 2 fully saturated rings. The average molecular weight is 695 g/mol. The van der Waals surface area contributed by atoms with Crippen LogP contribution in [0.1, 0.15) is 40.0 Å². The summed E-state index contributed by atoms with van der Waals surface area (Å²) in [6, 6.07) is 4.81. The number of anilines is 2. The molecule has 4 aromatic rings. The largest absolute Gasteiger partial charge is 0.444 e. The lowest BCUT2D eigenvalue weighted by atomic mass is 9.96. The van der Waals surface area contributed by atoms with E-state index in [0.29, 0.717) is 56.6 Å². The van der Waals surface area contributed by atoms with Gasteiger partial charge in [0.25, 0.3) is 5.56 Å². The first kappa shape index (κ1) is 34.2. The topological polar surface area (TPSA) is 120 Å². The SMILES string of the molecule is CN(C)c1cnc2ccc(-c3cn(COCC[Si](C)(C)C)c4nc(N5C6CC[C@@H]5[C@H](NC(=O)OC(C)(C)C)C6)n(C)c(=O)c34)c(Cl)c2n1. The second-order valence-corrected chi connectivity index (χ2v) is 21.4. The lowest BCUT2D eigenvalue weighted by Gasteiger charge is -2.28. The number of aromatic nitrogens is 5. The quantitative estimate of drug-likeness (QED) is 0.166. The Balaban J connectivity index is 1.43. The number of benzene rings is 1. The fourth-order valence-electron chi connectivity index (χ4n) is 6.75. The number of nitrogens with zero attached hydrogens (tertiary/aromatic N) is 7. The first-order chi connectivity index (χ1) is 22.5.